The number of benzene rings is 1. The van der Waals surface area contributed by atoms with E-state index in [4.69, 9.17) is 10.5 Å². The predicted octanol–water partition coefficient (Wildman–Crippen LogP) is 2.53. The maximum absolute atomic E-state index is 14.3. The monoisotopic (exact) mass is 517 g/mol. The van der Waals surface area contributed by atoms with E-state index in [2.05, 4.69) is 20.6 Å². The molecule has 2 amide bonds. The van der Waals surface area contributed by atoms with Crippen LogP contribution < -0.4 is 26.2 Å². The molecule has 1 unspecified atom stereocenters. The summed E-state index contributed by atoms with van der Waals surface area (Å²) in [5.41, 5.74) is 8.52. The molecule has 3 aliphatic rings. The van der Waals surface area contributed by atoms with Gasteiger partial charge in [0.2, 0.25) is 11.8 Å². The topological polar surface area (TPSA) is 118 Å². The minimum atomic E-state index is -2.73. The molecule has 3 heterocycles. The molecule has 37 heavy (non-hydrogen) atoms. The van der Waals surface area contributed by atoms with E-state index < -0.39 is 23.5 Å². The van der Waals surface area contributed by atoms with Gasteiger partial charge in [0.05, 0.1) is 22.8 Å². The SMILES string of the molecule is CCn1nc(C)cc1C(=O)NC1Nc2cc(C(N)=O)cc3c2N1CC1(CN3CCCOC)CC(F)(F)C1. The summed E-state index contributed by atoms with van der Waals surface area (Å²) in [5, 5.41) is 10.7. The number of carbonyl (C=O) groups is 2. The Morgan fingerprint density at radius 2 is 2.03 bits per heavy atom. The van der Waals surface area contributed by atoms with Gasteiger partial charge in [-0.1, -0.05) is 0 Å². The number of aromatic nitrogens is 2. The zero-order valence-corrected chi connectivity index (χ0v) is 21.3. The molecule has 0 bridgehead atoms. The van der Waals surface area contributed by atoms with Crippen LogP contribution in [-0.4, -0.2) is 67.2 Å². The summed E-state index contributed by atoms with van der Waals surface area (Å²) in [6.07, 6.45) is -0.501. The molecule has 1 aromatic carbocycles. The lowest BCUT2D eigenvalue weighted by Crippen LogP contribution is -2.60. The van der Waals surface area contributed by atoms with Gasteiger partial charge in [0, 0.05) is 63.7 Å². The maximum Gasteiger partial charge on any atom is 0.272 e. The van der Waals surface area contributed by atoms with Crippen molar-refractivity contribution in [3.63, 3.8) is 0 Å². The molecule has 1 fully saturated rings. The fourth-order valence-corrected chi connectivity index (χ4v) is 5.99. The lowest BCUT2D eigenvalue weighted by atomic mass is 9.65. The molecule has 10 nitrogen and oxygen atoms in total. The van der Waals surface area contributed by atoms with Gasteiger partial charge in [-0.05, 0) is 38.5 Å². The number of hydrogen-bond donors (Lipinski definition) is 3. The largest absolute Gasteiger partial charge is 0.385 e. The minimum Gasteiger partial charge on any atom is -0.385 e. The molecular weight excluding hydrogens is 484 g/mol. The van der Waals surface area contributed by atoms with Gasteiger partial charge < -0.3 is 30.9 Å². The summed E-state index contributed by atoms with van der Waals surface area (Å²) in [4.78, 5) is 29.5. The highest BCUT2D eigenvalue weighted by Gasteiger charge is 2.59. The molecule has 1 spiro atoms. The van der Waals surface area contributed by atoms with Gasteiger partial charge in [-0.2, -0.15) is 5.10 Å². The summed E-state index contributed by atoms with van der Waals surface area (Å²) >= 11 is 0. The number of nitrogens with zero attached hydrogens (tertiary/aromatic N) is 4. The number of methoxy groups -OCH3 is 1. The van der Waals surface area contributed by atoms with Crippen LogP contribution >= 0.6 is 0 Å². The van der Waals surface area contributed by atoms with Crippen molar-refractivity contribution in [2.45, 2.75) is 51.9 Å². The van der Waals surface area contributed by atoms with Crippen LogP contribution in [0.1, 0.15) is 52.7 Å². The highest BCUT2D eigenvalue weighted by Crippen LogP contribution is 2.57. The number of primary amides is 1. The Kier molecular flexibility index (Phi) is 6.25. The van der Waals surface area contributed by atoms with Crippen LogP contribution in [0.25, 0.3) is 0 Å². The fraction of sp³-hybridized carbons (Fsp3) is 0.560. The second kappa shape index (κ2) is 9.16. The summed E-state index contributed by atoms with van der Waals surface area (Å²) in [5.74, 6) is -3.65. The van der Waals surface area contributed by atoms with Crippen LogP contribution in [0.5, 0.6) is 0 Å². The molecule has 12 heteroatoms. The van der Waals surface area contributed by atoms with Gasteiger partial charge in [-0.15, -0.1) is 0 Å². The van der Waals surface area contributed by atoms with E-state index in [1.165, 1.54) is 0 Å². The molecule has 1 aromatic heterocycles. The smallest absolute Gasteiger partial charge is 0.272 e. The van der Waals surface area contributed by atoms with E-state index in [-0.39, 0.29) is 18.7 Å². The van der Waals surface area contributed by atoms with E-state index in [0.29, 0.717) is 56.2 Å². The van der Waals surface area contributed by atoms with Crippen molar-refractivity contribution in [1.82, 2.24) is 15.1 Å². The standard InChI is InChI=1S/C25H33F2N7O3/c1-4-34-19(8-15(2)31-34)22(36)30-23-29-17-9-16(21(28)35)10-18-20(17)33(23)14-24(11-25(26,27)12-24)13-32(18)6-5-7-37-3/h8-10,23,29H,4-7,11-14H2,1-3H3,(H2,28,35)(H,30,36). The highest BCUT2D eigenvalue weighted by atomic mass is 19.3. The molecular formula is C25H33F2N7O3. The fourth-order valence-electron chi connectivity index (χ4n) is 5.99. The molecule has 5 rings (SSSR count). The summed E-state index contributed by atoms with van der Waals surface area (Å²) in [6.45, 7) is 6.05. The van der Waals surface area contributed by atoms with E-state index in [1.54, 1.807) is 30.0 Å². The molecule has 4 N–H and O–H groups in total. The number of halogens is 2. The molecule has 0 radical (unpaired) electrons. The maximum atomic E-state index is 14.3. The second-order valence-electron chi connectivity index (χ2n) is 10.4. The number of amides is 2. The van der Waals surface area contributed by atoms with E-state index in [9.17, 15) is 18.4 Å². The normalized spacial score (nSPS) is 20.7. The van der Waals surface area contributed by atoms with E-state index in [1.807, 2.05) is 18.7 Å². The van der Waals surface area contributed by atoms with Gasteiger partial charge >= 0.3 is 0 Å². The van der Waals surface area contributed by atoms with Gasteiger partial charge in [-0.25, -0.2) is 8.78 Å². The zero-order chi connectivity index (χ0) is 26.5. The molecule has 200 valence electrons. The zero-order valence-electron chi connectivity index (χ0n) is 21.3. The Labute approximate surface area is 214 Å². The third-order valence-corrected chi connectivity index (χ3v) is 7.38. The Morgan fingerprint density at radius 1 is 1.27 bits per heavy atom. The first-order valence-electron chi connectivity index (χ1n) is 12.5. The number of nitrogens with one attached hydrogen (secondary N) is 2. The van der Waals surface area contributed by atoms with Crippen molar-refractivity contribution in [1.29, 1.82) is 0 Å². The number of anilines is 3. The Balaban J connectivity index is 1.54. The first kappa shape index (κ1) is 25.2. The molecule has 2 aliphatic heterocycles. The van der Waals surface area contributed by atoms with Crippen LogP contribution in [0.3, 0.4) is 0 Å². The highest BCUT2D eigenvalue weighted by molar-refractivity contribution is 6.01. The van der Waals surface area contributed by atoms with E-state index in [0.717, 1.165) is 17.1 Å². The van der Waals surface area contributed by atoms with Crippen molar-refractivity contribution in [2.75, 3.05) is 48.5 Å². The molecule has 1 saturated carbocycles. The number of alkyl halides is 2. The average molecular weight is 518 g/mol. The molecule has 0 saturated heterocycles. The number of carbonyl (C=O) groups excluding carboxylic acids is 2. The van der Waals surface area contributed by atoms with Crippen LogP contribution in [0.2, 0.25) is 0 Å². The first-order valence-corrected chi connectivity index (χ1v) is 12.5. The van der Waals surface area contributed by atoms with Gasteiger partial charge in [0.15, 0.2) is 6.29 Å². The van der Waals surface area contributed by atoms with Crippen molar-refractivity contribution < 1.29 is 23.1 Å². The van der Waals surface area contributed by atoms with Crippen molar-refractivity contribution in [2.24, 2.45) is 11.1 Å². The van der Waals surface area contributed by atoms with Crippen LogP contribution in [0.4, 0.5) is 25.8 Å². The lowest BCUT2D eigenvalue weighted by Gasteiger charge is -2.50. The van der Waals surface area contributed by atoms with E-state index >= 15 is 0 Å². The van der Waals surface area contributed by atoms with Crippen molar-refractivity contribution >= 4 is 28.9 Å². The second-order valence-corrected chi connectivity index (χ2v) is 10.4. The number of ether oxygens (including phenoxy) is 1. The van der Waals surface area contributed by atoms with Crippen LogP contribution in [0, 0.1) is 12.3 Å². The lowest BCUT2D eigenvalue weighted by molar-refractivity contribution is -0.153. The first-order chi connectivity index (χ1) is 17.5. The third-order valence-electron chi connectivity index (χ3n) is 7.38. The summed E-state index contributed by atoms with van der Waals surface area (Å²) in [6, 6.07) is 5.09. The molecule has 1 aliphatic carbocycles. The predicted molar refractivity (Wildman–Crippen MR) is 135 cm³/mol. The Hall–Kier alpha value is -3.41. The van der Waals surface area contributed by atoms with Gasteiger partial charge in [-0.3, -0.25) is 14.3 Å². The van der Waals surface area contributed by atoms with Crippen LogP contribution in [0.15, 0.2) is 18.2 Å². The Bertz CT molecular complexity index is 1220. The van der Waals surface area contributed by atoms with Crippen molar-refractivity contribution in [3.05, 3.63) is 35.2 Å². The minimum absolute atomic E-state index is 0.244. The van der Waals surface area contributed by atoms with Crippen molar-refractivity contribution in [3.8, 4) is 0 Å². The molecule has 2 aromatic rings. The number of aryl methyl sites for hydroxylation is 2. The molecule has 1 atom stereocenters. The quantitative estimate of drug-likeness (QED) is 0.461. The number of nitrogens with two attached hydrogens (primary N) is 1. The van der Waals surface area contributed by atoms with Crippen LogP contribution in [-0.2, 0) is 11.3 Å². The Morgan fingerprint density at radius 3 is 2.68 bits per heavy atom. The number of hydrogen-bond acceptors (Lipinski definition) is 7. The third kappa shape index (κ3) is 4.58. The average Bonchev–Trinajstić information content (AvgIpc) is 3.32. The van der Waals surface area contributed by atoms with Gasteiger partial charge in [0.25, 0.3) is 5.91 Å². The number of rotatable bonds is 8. The summed E-state index contributed by atoms with van der Waals surface area (Å²) < 4.78 is 35.4. The summed E-state index contributed by atoms with van der Waals surface area (Å²) in [7, 11) is 1.62. The van der Waals surface area contributed by atoms with Gasteiger partial charge in [0.1, 0.15) is 5.69 Å².